The zero-order chi connectivity index (χ0) is 24.9. The third-order valence-corrected chi connectivity index (χ3v) is 7.07. The lowest BCUT2D eigenvalue weighted by Crippen LogP contribution is -2.47. The fourth-order valence-electron chi connectivity index (χ4n) is 4.48. The average Bonchev–Trinajstić information content (AvgIpc) is 3.24. The molecule has 0 N–H and O–H groups in total. The first-order valence-corrected chi connectivity index (χ1v) is 11.9. The number of piperazine rings is 1. The van der Waals surface area contributed by atoms with Crippen molar-refractivity contribution in [3.8, 4) is 0 Å². The van der Waals surface area contributed by atoms with Gasteiger partial charge >= 0.3 is 5.69 Å². The Morgan fingerprint density at radius 2 is 1.57 bits per heavy atom. The summed E-state index contributed by atoms with van der Waals surface area (Å²) in [5, 5.41) is 0.937. The smallest absolute Gasteiger partial charge is 0.332 e. The Labute approximate surface area is 210 Å². The van der Waals surface area contributed by atoms with Gasteiger partial charge in [0.15, 0.2) is 11.2 Å². The van der Waals surface area contributed by atoms with E-state index < -0.39 is 17.1 Å². The molecule has 1 aliphatic heterocycles. The molecule has 4 aromatic rings. The maximum atomic E-state index is 14.7. The summed E-state index contributed by atoms with van der Waals surface area (Å²) in [4.78, 5) is 34.7. The van der Waals surface area contributed by atoms with Crippen molar-refractivity contribution in [3.05, 3.63) is 84.7 Å². The molecule has 1 saturated heterocycles. The molecule has 5 rings (SSSR count). The molecule has 35 heavy (non-hydrogen) atoms. The first-order chi connectivity index (χ1) is 16.8. The second-order valence-electron chi connectivity index (χ2n) is 8.53. The Morgan fingerprint density at radius 1 is 0.914 bits per heavy atom. The number of rotatable bonds is 4. The van der Waals surface area contributed by atoms with E-state index in [1.807, 2.05) is 29.2 Å². The van der Waals surface area contributed by atoms with Crippen LogP contribution in [0, 0.1) is 5.82 Å². The molecule has 1 fully saturated rings. The molecule has 2 aromatic heterocycles. The fourth-order valence-corrected chi connectivity index (χ4v) is 4.83. The first kappa shape index (κ1) is 23.4. The summed E-state index contributed by atoms with van der Waals surface area (Å²) < 4.78 is 18.8. The highest BCUT2D eigenvalue weighted by Gasteiger charge is 2.26. The van der Waals surface area contributed by atoms with Gasteiger partial charge < -0.3 is 9.80 Å². The lowest BCUT2D eigenvalue weighted by molar-refractivity contribution is 0.592. The normalized spacial score (nSPS) is 14.2. The molecular formula is C24H23Cl2FN6O2. The fraction of sp³-hybridized carbons (Fsp3) is 0.292. The maximum absolute atomic E-state index is 14.7. The minimum Gasteiger partial charge on any atom is -0.368 e. The summed E-state index contributed by atoms with van der Waals surface area (Å²) in [6, 6.07) is 12.1. The lowest BCUT2D eigenvalue weighted by atomic mass is 10.2. The van der Waals surface area contributed by atoms with Crippen molar-refractivity contribution in [1.82, 2.24) is 18.7 Å². The van der Waals surface area contributed by atoms with E-state index in [0.717, 1.165) is 10.3 Å². The van der Waals surface area contributed by atoms with Gasteiger partial charge in [0.25, 0.3) is 5.56 Å². The Bertz CT molecular complexity index is 1510. The van der Waals surface area contributed by atoms with E-state index in [1.54, 1.807) is 17.7 Å². The number of nitrogens with zero attached hydrogens (tertiary/aromatic N) is 6. The maximum Gasteiger partial charge on any atom is 0.332 e. The molecule has 0 saturated carbocycles. The predicted molar refractivity (Wildman–Crippen MR) is 137 cm³/mol. The van der Waals surface area contributed by atoms with E-state index in [9.17, 15) is 14.0 Å². The molecule has 0 radical (unpaired) electrons. The molecule has 8 nitrogen and oxygen atoms in total. The van der Waals surface area contributed by atoms with Crippen molar-refractivity contribution in [2.45, 2.75) is 6.54 Å². The van der Waals surface area contributed by atoms with E-state index >= 15 is 0 Å². The van der Waals surface area contributed by atoms with E-state index in [2.05, 4.69) is 4.90 Å². The zero-order valence-electron chi connectivity index (χ0n) is 19.2. The Kier molecular flexibility index (Phi) is 6.06. The van der Waals surface area contributed by atoms with Crippen LogP contribution in [-0.4, -0.2) is 44.9 Å². The van der Waals surface area contributed by atoms with Crippen molar-refractivity contribution in [1.29, 1.82) is 0 Å². The molecule has 0 spiro atoms. The zero-order valence-corrected chi connectivity index (χ0v) is 20.7. The van der Waals surface area contributed by atoms with Crippen molar-refractivity contribution < 1.29 is 4.39 Å². The number of hydrogen-bond donors (Lipinski definition) is 0. The van der Waals surface area contributed by atoms with Gasteiger partial charge in [0.05, 0.1) is 6.54 Å². The Morgan fingerprint density at radius 3 is 2.23 bits per heavy atom. The quantitative estimate of drug-likeness (QED) is 0.416. The van der Waals surface area contributed by atoms with Gasteiger partial charge in [0.2, 0.25) is 5.95 Å². The number of halogens is 3. The van der Waals surface area contributed by atoms with Crippen LogP contribution in [0.25, 0.3) is 11.2 Å². The van der Waals surface area contributed by atoms with Crippen LogP contribution < -0.4 is 21.0 Å². The highest BCUT2D eigenvalue weighted by Crippen LogP contribution is 2.27. The molecular weight excluding hydrogens is 494 g/mol. The SMILES string of the molecule is Cn1c(=O)c2c(nc(N3CCN(c4ccc(Cl)cc4)CC3)n2Cc2c(F)cccc2Cl)n(C)c1=O. The number of aromatic nitrogens is 4. The Hall–Kier alpha value is -3.30. The molecule has 2 aromatic carbocycles. The van der Waals surface area contributed by atoms with E-state index in [4.69, 9.17) is 28.2 Å². The molecule has 0 unspecified atom stereocenters. The summed E-state index contributed by atoms with van der Waals surface area (Å²) >= 11 is 12.3. The van der Waals surface area contributed by atoms with Gasteiger partial charge in [-0.25, -0.2) is 9.18 Å². The average molecular weight is 517 g/mol. The van der Waals surface area contributed by atoms with Crippen molar-refractivity contribution >= 4 is 46.0 Å². The van der Waals surface area contributed by atoms with Gasteiger partial charge in [-0.05, 0) is 36.4 Å². The van der Waals surface area contributed by atoms with Crippen LogP contribution in [-0.2, 0) is 20.6 Å². The minimum atomic E-state index is -0.492. The minimum absolute atomic E-state index is 0.00217. The van der Waals surface area contributed by atoms with Crippen LogP contribution in [0.4, 0.5) is 16.0 Å². The largest absolute Gasteiger partial charge is 0.368 e. The first-order valence-electron chi connectivity index (χ1n) is 11.1. The monoisotopic (exact) mass is 516 g/mol. The number of aryl methyl sites for hydroxylation is 1. The van der Waals surface area contributed by atoms with Crippen molar-refractivity contribution in [2.24, 2.45) is 14.1 Å². The van der Waals surface area contributed by atoms with Gasteiger partial charge in [0, 0.05) is 61.6 Å². The predicted octanol–water partition coefficient (Wildman–Crippen LogP) is 3.25. The van der Waals surface area contributed by atoms with E-state index in [1.165, 1.54) is 23.7 Å². The molecule has 0 aliphatic carbocycles. The topological polar surface area (TPSA) is 68.3 Å². The van der Waals surface area contributed by atoms with Gasteiger partial charge in [0.1, 0.15) is 5.82 Å². The van der Waals surface area contributed by atoms with Crippen LogP contribution in [0.3, 0.4) is 0 Å². The summed E-state index contributed by atoms with van der Waals surface area (Å²) in [5.74, 6) is 0.0212. The van der Waals surface area contributed by atoms with Crippen molar-refractivity contribution in [3.63, 3.8) is 0 Å². The number of anilines is 2. The molecule has 1 aliphatic rings. The summed E-state index contributed by atoms with van der Waals surface area (Å²) in [6.07, 6.45) is 0. The summed E-state index contributed by atoms with van der Waals surface area (Å²) in [6.45, 7) is 2.66. The lowest BCUT2D eigenvalue weighted by Gasteiger charge is -2.36. The van der Waals surface area contributed by atoms with Gasteiger partial charge in [-0.1, -0.05) is 29.3 Å². The van der Waals surface area contributed by atoms with Crippen LogP contribution in [0.15, 0.2) is 52.1 Å². The summed E-state index contributed by atoms with van der Waals surface area (Å²) in [7, 11) is 2.99. The number of hydrogen-bond acceptors (Lipinski definition) is 5. The number of benzene rings is 2. The van der Waals surface area contributed by atoms with Crippen molar-refractivity contribution in [2.75, 3.05) is 36.0 Å². The Balaban J connectivity index is 1.58. The van der Waals surface area contributed by atoms with Crippen LogP contribution in [0.2, 0.25) is 10.0 Å². The summed E-state index contributed by atoms with van der Waals surface area (Å²) in [5.41, 5.74) is 0.830. The van der Waals surface area contributed by atoms with Crippen LogP contribution in [0.1, 0.15) is 5.56 Å². The van der Waals surface area contributed by atoms with Gasteiger partial charge in [-0.15, -0.1) is 0 Å². The highest BCUT2D eigenvalue weighted by atomic mass is 35.5. The third kappa shape index (κ3) is 4.08. The third-order valence-electron chi connectivity index (χ3n) is 6.46. The van der Waals surface area contributed by atoms with Gasteiger partial charge in [-0.2, -0.15) is 4.98 Å². The van der Waals surface area contributed by atoms with E-state index in [-0.39, 0.29) is 28.3 Å². The van der Waals surface area contributed by atoms with E-state index in [0.29, 0.717) is 37.1 Å². The van der Waals surface area contributed by atoms with Crippen LogP contribution in [0.5, 0.6) is 0 Å². The second kappa shape index (κ2) is 9.05. The molecule has 182 valence electrons. The van der Waals surface area contributed by atoms with Gasteiger partial charge in [-0.3, -0.25) is 18.5 Å². The highest BCUT2D eigenvalue weighted by molar-refractivity contribution is 6.31. The second-order valence-corrected chi connectivity index (χ2v) is 9.37. The molecule has 3 heterocycles. The molecule has 0 bridgehead atoms. The van der Waals surface area contributed by atoms with Crippen LogP contribution >= 0.6 is 23.2 Å². The molecule has 11 heteroatoms. The standard InChI is InChI=1S/C24H23Cl2FN6O2/c1-29-21-20(22(34)30(2)24(29)35)33(14-17-18(26)4-3-5-19(17)27)23(28-21)32-12-10-31(11-13-32)16-8-6-15(25)7-9-16/h3-9H,10-14H2,1-2H3. The molecule has 0 amide bonds. The molecule has 0 atom stereocenters. The number of fused-ring (bicyclic) bond motifs is 1. The number of imidazole rings is 1.